The molecule has 2 aromatic rings. The van der Waals surface area contributed by atoms with Crippen LogP contribution < -0.4 is 10.1 Å². The molecule has 28 heavy (non-hydrogen) atoms. The molecule has 1 N–H and O–H groups in total. The molecule has 0 aliphatic heterocycles. The average molecular weight is 405 g/mol. The Labute approximate surface area is 167 Å². The summed E-state index contributed by atoms with van der Waals surface area (Å²) in [6.45, 7) is 4.06. The Morgan fingerprint density at radius 2 is 1.75 bits per heavy atom. The van der Waals surface area contributed by atoms with Gasteiger partial charge in [0.25, 0.3) is 0 Å². The SMILES string of the molecule is CCOc1ccc(S(=O)(=O)N(C)CC(=O)N[C@@H](C)CCc2ccccc2)cc1. The number of carbonyl (C=O) groups excluding carboxylic acids is 1. The fourth-order valence-corrected chi connectivity index (χ4v) is 3.89. The van der Waals surface area contributed by atoms with E-state index in [9.17, 15) is 13.2 Å². The molecule has 1 atom stereocenters. The number of amides is 1. The number of nitrogens with zero attached hydrogens (tertiary/aromatic N) is 1. The van der Waals surface area contributed by atoms with Crippen LogP contribution in [-0.2, 0) is 21.2 Å². The van der Waals surface area contributed by atoms with Crippen molar-refractivity contribution < 1.29 is 17.9 Å². The predicted molar refractivity (Wildman–Crippen MR) is 110 cm³/mol. The van der Waals surface area contributed by atoms with Crippen LogP contribution in [0.1, 0.15) is 25.8 Å². The lowest BCUT2D eigenvalue weighted by molar-refractivity contribution is -0.121. The molecule has 152 valence electrons. The van der Waals surface area contributed by atoms with Crippen LogP contribution in [0.2, 0.25) is 0 Å². The van der Waals surface area contributed by atoms with E-state index in [0.29, 0.717) is 12.4 Å². The molecule has 7 heteroatoms. The number of sulfonamides is 1. The van der Waals surface area contributed by atoms with Crippen LogP contribution >= 0.6 is 0 Å². The summed E-state index contributed by atoms with van der Waals surface area (Å²) in [5, 5.41) is 2.87. The number of aryl methyl sites for hydroxylation is 1. The lowest BCUT2D eigenvalue weighted by Crippen LogP contribution is -2.41. The van der Waals surface area contributed by atoms with E-state index >= 15 is 0 Å². The number of carbonyl (C=O) groups is 1. The Morgan fingerprint density at radius 1 is 1.11 bits per heavy atom. The van der Waals surface area contributed by atoms with Crippen LogP contribution in [0.4, 0.5) is 0 Å². The fraction of sp³-hybridized carbons (Fsp3) is 0.381. The van der Waals surface area contributed by atoms with Gasteiger partial charge in [0.2, 0.25) is 15.9 Å². The summed E-state index contributed by atoms with van der Waals surface area (Å²) in [5.41, 5.74) is 1.21. The molecule has 0 unspecified atom stereocenters. The van der Waals surface area contributed by atoms with Crippen molar-refractivity contribution in [1.29, 1.82) is 0 Å². The van der Waals surface area contributed by atoms with E-state index in [-0.39, 0.29) is 23.4 Å². The van der Waals surface area contributed by atoms with Gasteiger partial charge in [-0.15, -0.1) is 0 Å². The molecule has 1 amide bonds. The highest BCUT2D eigenvalue weighted by Crippen LogP contribution is 2.18. The van der Waals surface area contributed by atoms with Gasteiger partial charge < -0.3 is 10.1 Å². The summed E-state index contributed by atoms with van der Waals surface area (Å²) in [6.07, 6.45) is 1.63. The molecule has 0 spiro atoms. The van der Waals surface area contributed by atoms with Gasteiger partial charge in [0.15, 0.2) is 0 Å². The molecule has 0 saturated heterocycles. The zero-order chi connectivity index (χ0) is 20.6. The summed E-state index contributed by atoms with van der Waals surface area (Å²) >= 11 is 0. The third-order valence-electron chi connectivity index (χ3n) is 4.33. The first kappa shape index (κ1) is 21.9. The molecule has 0 fully saturated rings. The van der Waals surface area contributed by atoms with Crippen molar-refractivity contribution in [3.8, 4) is 5.75 Å². The van der Waals surface area contributed by atoms with Crippen molar-refractivity contribution in [2.75, 3.05) is 20.2 Å². The first-order chi connectivity index (χ1) is 13.3. The smallest absolute Gasteiger partial charge is 0.243 e. The zero-order valence-electron chi connectivity index (χ0n) is 16.6. The summed E-state index contributed by atoms with van der Waals surface area (Å²) in [7, 11) is -2.34. The normalized spacial score (nSPS) is 12.6. The van der Waals surface area contributed by atoms with Crippen LogP contribution in [0, 0.1) is 0 Å². The van der Waals surface area contributed by atoms with Gasteiger partial charge >= 0.3 is 0 Å². The molecule has 0 heterocycles. The second-order valence-electron chi connectivity index (χ2n) is 6.66. The van der Waals surface area contributed by atoms with E-state index in [1.54, 1.807) is 12.1 Å². The van der Waals surface area contributed by atoms with E-state index in [4.69, 9.17) is 4.74 Å². The molecule has 6 nitrogen and oxygen atoms in total. The van der Waals surface area contributed by atoms with Gasteiger partial charge in [-0.3, -0.25) is 4.79 Å². The van der Waals surface area contributed by atoms with E-state index < -0.39 is 10.0 Å². The van der Waals surface area contributed by atoms with E-state index in [2.05, 4.69) is 5.32 Å². The van der Waals surface area contributed by atoms with Crippen LogP contribution in [0.5, 0.6) is 5.75 Å². The third-order valence-corrected chi connectivity index (χ3v) is 6.14. The van der Waals surface area contributed by atoms with Gasteiger partial charge in [0.1, 0.15) is 5.75 Å². The number of nitrogens with one attached hydrogen (secondary N) is 1. The number of ether oxygens (including phenoxy) is 1. The molecule has 2 rings (SSSR count). The largest absolute Gasteiger partial charge is 0.494 e. The highest BCUT2D eigenvalue weighted by Gasteiger charge is 2.23. The molecular weight excluding hydrogens is 376 g/mol. The van der Waals surface area contributed by atoms with Crippen molar-refractivity contribution in [1.82, 2.24) is 9.62 Å². The summed E-state index contributed by atoms with van der Waals surface area (Å²) in [4.78, 5) is 12.4. The number of benzene rings is 2. The minimum absolute atomic E-state index is 0.0470. The van der Waals surface area contributed by atoms with Crippen molar-refractivity contribution in [3.63, 3.8) is 0 Å². The number of hydrogen-bond donors (Lipinski definition) is 1. The van der Waals surface area contributed by atoms with Crippen molar-refractivity contribution in [2.24, 2.45) is 0 Å². The van der Waals surface area contributed by atoms with Gasteiger partial charge in [0.05, 0.1) is 18.0 Å². The standard InChI is InChI=1S/C21H28N2O4S/c1-4-27-19-12-14-20(15-13-19)28(25,26)23(3)16-21(24)22-17(2)10-11-18-8-6-5-7-9-18/h5-9,12-15,17H,4,10-11,16H2,1-3H3,(H,22,24)/t17-/m0/s1. The number of rotatable bonds is 10. The number of likely N-dealkylation sites (N-methyl/N-ethyl adjacent to an activating group) is 1. The van der Waals surface area contributed by atoms with Crippen LogP contribution in [0.3, 0.4) is 0 Å². The summed E-state index contributed by atoms with van der Waals surface area (Å²) in [5.74, 6) is 0.284. The molecule has 0 aliphatic rings. The lowest BCUT2D eigenvalue weighted by atomic mass is 10.1. The molecule has 0 aromatic heterocycles. The minimum atomic E-state index is -3.74. The summed E-state index contributed by atoms with van der Waals surface area (Å²) in [6, 6.07) is 16.2. The van der Waals surface area contributed by atoms with Crippen LogP contribution in [0.15, 0.2) is 59.5 Å². The monoisotopic (exact) mass is 404 g/mol. The Balaban J connectivity index is 1.87. The van der Waals surface area contributed by atoms with Gasteiger partial charge in [-0.1, -0.05) is 30.3 Å². The van der Waals surface area contributed by atoms with Gasteiger partial charge in [0, 0.05) is 13.1 Å². The molecule has 0 bridgehead atoms. The highest BCUT2D eigenvalue weighted by molar-refractivity contribution is 7.89. The first-order valence-corrected chi connectivity index (χ1v) is 10.8. The Bertz CT molecular complexity index is 852. The van der Waals surface area contributed by atoms with Gasteiger partial charge in [-0.05, 0) is 56.5 Å². The van der Waals surface area contributed by atoms with E-state index in [0.717, 1.165) is 17.1 Å². The molecule has 0 saturated carbocycles. The van der Waals surface area contributed by atoms with Crippen LogP contribution in [0.25, 0.3) is 0 Å². The highest BCUT2D eigenvalue weighted by atomic mass is 32.2. The average Bonchev–Trinajstić information content (AvgIpc) is 2.67. The van der Waals surface area contributed by atoms with E-state index in [1.165, 1.54) is 24.7 Å². The maximum absolute atomic E-state index is 12.6. The van der Waals surface area contributed by atoms with Crippen LogP contribution in [-0.4, -0.2) is 44.9 Å². The topological polar surface area (TPSA) is 75.7 Å². The Morgan fingerprint density at radius 3 is 2.36 bits per heavy atom. The van der Waals surface area contributed by atoms with Crippen molar-refractivity contribution >= 4 is 15.9 Å². The van der Waals surface area contributed by atoms with Gasteiger partial charge in [-0.25, -0.2) is 8.42 Å². The molecular formula is C21H28N2O4S. The van der Waals surface area contributed by atoms with E-state index in [1.807, 2.05) is 44.2 Å². The quantitative estimate of drug-likeness (QED) is 0.661. The fourth-order valence-electron chi connectivity index (χ4n) is 2.76. The molecule has 2 aromatic carbocycles. The third kappa shape index (κ3) is 6.35. The maximum atomic E-state index is 12.6. The predicted octanol–water partition coefficient (Wildman–Crippen LogP) is 2.84. The Kier molecular flexibility index (Phi) is 8.02. The van der Waals surface area contributed by atoms with Crippen molar-refractivity contribution in [3.05, 3.63) is 60.2 Å². The maximum Gasteiger partial charge on any atom is 0.243 e. The molecule has 0 radical (unpaired) electrons. The summed E-state index contributed by atoms with van der Waals surface area (Å²) < 4.78 is 31.7. The number of hydrogen-bond acceptors (Lipinski definition) is 4. The molecule has 0 aliphatic carbocycles. The second-order valence-corrected chi connectivity index (χ2v) is 8.70. The van der Waals surface area contributed by atoms with Gasteiger partial charge in [-0.2, -0.15) is 4.31 Å². The Hall–Kier alpha value is -2.38. The first-order valence-electron chi connectivity index (χ1n) is 9.35. The van der Waals surface area contributed by atoms with Crippen molar-refractivity contribution in [2.45, 2.75) is 37.6 Å². The lowest BCUT2D eigenvalue weighted by Gasteiger charge is -2.19. The minimum Gasteiger partial charge on any atom is -0.494 e. The second kappa shape index (κ2) is 10.2. The zero-order valence-corrected chi connectivity index (χ0v) is 17.4.